The van der Waals surface area contributed by atoms with Crippen LogP contribution in [0.5, 0.6) is 0 Å². The molecule has 1 N–H and O–H groups in total. The number of halogens is 2. The summed E-state index contributed by atoms with van der Waals surface area (Å²) in [4.78, 5) is 36.7. The molecule has 2 fully saturated rings. The average Bonchev–Trinajstić information content (AvgIpc) is 3.52. The molecule has 2 amide bonds. The van der Waals surface area contributed by atoms with Gasteiger partial charge in [-0.15, -0.1) is 0 Å². The number of morpholine rings is 1. The lowest BCUT2D eigenvalue weighted by molar-refractivity contribution is -0.0495. The Morgan fingerprint density at radius 1 is 1.20 bits per heavy atom. The van der Waals surface area contributed by atoms with Crippen molar-refractivity contribution in [3.8, 4) is 0 Å². The van der Waals surface area contributed by atoms with Crippen LogP contribution >= 0.6 is 0 Å². The van der Waals surface area contributed by atoms with Crippen LogP contribution in [-0.4, -0.2) is 78.1 Å². The van der Waals surface area contributed by atoms with Crippen LogP contribution < -0.4 is 5.32 Å². The zero-order valence-corrected chi connectivity index (χ0v) is 22.8. The van der Waals surface area contributed by atoms with Gasteiger partial charge in [0.1, 0.15) is 17.3 Å². The molecule has 1 aliphatic carbocycles. The normalized spacial score (nSPS) is 20.9. The lowest BCUT2D eigenvalue weighted by Gasteiger charge is -2.36. The van der Waals surface area contributed by atoms with E-state index < -0.39 is 35.6 Å². The van der Waals surface area contributed by atoms with E-state index in [-0.39, 0.29) is 49.7 Å². The highest BCUT2D eigenvalue weighted by molar-refractivity contribution is 5.93. The molecule has 1 saturated heterocycles. The van der Waals surface area contributed by atoms with E-state index in [9.17, 15) is 18.4 Å². The number of nitrogens with one attached hydrogen (secondary N) is 1. The minimum absolute atomic E-state index is 0.00738. The third kappa shape index (κ3) is 6.03. The van der Waals surface area contributed by atoms with Gasteiger partial charge in [-0.25, -0.2) is 32.7 Å². The second-order valence-electron chi connectivity index (χ2n) is 11.2. The van der Waals surface area contributed by atoms with Gasteiger partial charge in [0.25, 0.3) is 11.7 Å². The van der Waals surface area contributed by atoms with Crippen molar-refractivity contribution in [2.24, 2.45) is 5.92 Å². The van der Waals surface area contributed by atoms with Gasteiger partial charge in [0.05, 0.1) is 43.0 Å². The maximum atomic E-state index is 13.9. The summed E-state index contributed by atoms with van der Waals surface area (Å²) in [5.74, 6) is -3.37. The number of carbonyl (C=O) groups excluding carboxylic acids is 2. The van der Waals surface area contributed by atoms with Crippen molar-refractivity contribution in [2.45, 2.75) is 77.0 Å². The summed E-state index contributed by atoms with van der Waals surface area (Å²) >= 11 is 0. The number of aromatic nitrogens is 6. The first kappa shape index (κ1) is 27.8. The maximum absolute atomic E-state index is 13.9. The monoisotopic (exact) mass is 562 g/mol. The number of hydrogen-bond acceptors (Lipinski definition) is 10. The van der Waals surface area contributed by atoms with Crippen molar-refractivity contribution in [1.82, 2.24) is 40.1 Å². The summed E-state index contributed by atoms with van der Waals surface area (Å²) in [6.07, 6.45) is 2.46. The van der Waals surface area contributed by atoms with Gasteiger partial charge in [0.15, 0.2) is 5.69 Å². The van der Waals surface area contributed by atoms with E-state index in [1.807, 2.05) is 0 Å². The van der Waals surface area contributed by atoms with E-state index in [4.69, 9.17) is 9.47 Å². The van der Waals surface area contributed by atoms with E-state index in [1.165, 1.54) is 10.7 Å². The maximum Gasteiger partial charge on any atom is 0.411 e. The molecule has 3 aromatic heterocycles. The summed E-state index contributed by atoms with van der Waals surface area (Å²) in [6.45, 7) is 7.85. The van der Waals surface area contributed by atoms with E-state index in [0.717, 1.165) is 0 Å². The number of aryl methyl sites for hydroxylation is 1. The summed E-state index contributed by atoms with van der Waals surface area (Å²) < 4.78 is 45.2. The van der Waals surface area contributed by atoms with Crippen LogP contribution in [0.1, 0.15) is 86.1 Å². The fraction of sp³-hybridized carbons (Fsp3) is 0.640. The molecule has 13 nitrogen and oxygen atoms in total. The van der Waals surface area contributed by atoms with Crippen LogP contribution in [0.25, 0.3) is 5.78 Å². The lowest BCUT2D eigenvalue weighted by Crippen LogP contribution is -2.46. The van der Waals surface area contributed by atoms with Gasteiger partial charge >= 0.3 is 6.09 Å². The van der Waals surface area contributed by atoms with Crippen LogP contribution in [0.15, 0.2) is 17.0 Å². The number of fused-ring (bicyclic) bond motifs is 1. The quantitative estimate of drug-likeness (QED) is 0.490. The minimum atomic E-state index is -2.74. The second kappa shape index (κ2) is 10.7. The van der Waals surface area contributed by atoms with Gasteiger partial charge in [-0.05, 0) is 51.6 Å². The van der Waals surface area contributed by atoms with Crippen molar-refractivity contribution in [3.05, 3.63) is 35.2 Å². The molecular formula is C25H32F2N8O5. The number of imidazole rings is 1. The van der Waals surface area contributed by atoms with Crippen molar-refractivity contribution in [3.63, 3.8) is 0 Å². The van der Waals surface area contributed by atoms with Gasteiger partial charge in [-0.2, -0.15) is 5.10 Å². The van der Waals surface area contributed by atoms with Crippen LogP contribution in [0.2, 0.25) is 0 Å². The molecule has 0 aromatic carbocycles. The fourth-order valence-corrected chi connectivity index (χ4v) is 4.98. The van der Waals surface area contributed by atoms with Gasteiger partial charge in [0, 0.05) is 19.4 Å². The number of alkyl halides is 2. The number of ether oxygens (including phenoxy) is 2. The van der Waals surface area contributed by atoms with Crippen molar-refractivity contribution < 1.29 is 32.5 Å². The predicted octanol–water partition coefficient (Wildman–Crippen LogP) is 3.42. The molecule has 40 heavy (non-hydrogen) atoms. The first-order chi connectivity index (χ1) is 18.9. The van der Waals surface area contributed by atoms with E-state index >= 15 is 0 Å². The molecule has 3 aromatic rings. The van der Waals surface area contributed by atoms with Crippen molar-refractivity contribution in [1.29, 1.82) is 0 Å². The molecule has 1 saturated carbocycles. The fourth-order valence-electron chi connectivity index (χ4n) is 4.98. The molecule has 1 unspecified atom stereocenters. The zero-order chi connectivity index (χ0) is 28.7. The van der Waals surface area contributed by atoms with Gasteiger partial charge < -0.3 is 14.8 Å². The van der Waals surface area contributed by atoms with Crippen LogP contribution in [-0.2, 0) is 9.47 Å². The Morgan fingerprint density at radius 3 is 2.62 bits per heavy atom. The Bertz CT molecular complexity index is 1380. The Morgan fingerprint density at radius 2 is 1.95 bits per heavy atom. The molecule has 1 aliphatic heterocycles. The summed E-state index contributed by atoms with van der Waals surface area (Å²) in [7, 11) is 0. The highest BCUT2D eigenvalue weighted by atomic mass is 19.3. The smallest absolute Gasteiger partial charge is 0.411 e. The minimum Gasteiger partial charge on any atom is -0.444 e. The lowest BCUT2D eigenvalue weighted by atomic mass is 9.81. The highest BCUT2D eigenvalue weighted by Crippen LogP contribution is 2.41. The van der Waals surface area contributed by atoms with Gasteiger partial charge in [-0.3, -0.25) is 9.69 Å². The topological polar surface area (TPSA) is 150 Å². The Labute approximate surface area is 228 Å². The molecule has 0 radical (unpaired) electrons. The van der Waals surface area contributed by atoms with Crippen LogP contribution in [0.4, 0.5) is 13.6 Å². The zero-order valence-electron chi connectivity index (χ0n) is 22.8. The van der Waals surface area contributed by atoms with Gasteiger partial charge in [0.2, 0.25) is 5.92 Å². The van der Waals surface area contributed by atoms with Crippen LogP contribution in [0, 0.1) is 12.8 Å². The number of carbonyl (C=O) groups is 2. The number of rotatable bonds is 5. The molecule has 0 bridgehead atoms. The van der Waals surface area contributed by atoms with E-state index in [2.05, 4.69) is 35.3 Å². The Hall–Kier alpha value is -3.75. The largest absolute Gasteiger partial charge is 0.444 e. The number of nitrogens with zero attached hydrogens (tertiary/aromatic N) is 7. The summed E-state index contributed by atoms with van der Waals surface area (Å²) in [5.41, 5.74) is 0.513. The Balaban J connectivity index is 1.43. The van der Waals surface area contributed by atoms with Crippen molar-refractivity contribution in [2.75, 3.05) is 19.8 Å². The molecule has 5 rings (SSSR count). The third-order valence-corrected chi connectivity index (χ3v) is 7.04. The molecule has 15 heteroatoms. The molecule has 2 aliphatic rings. The summed E-state index contributed by atoms with van der Waals surface area (Å²) in [5, 5.41) is 14.6. The predicted molar refractivity (Wildman–Crippen MR) is 133 cm³/mol. The van der Waals surface area contributed by atoms with E-state index in [1.54, 1.807) is 38.8 Å². The standard InChI is InChI=1S/C25H32F2N8O5/c1-14-19(33-40-32-14)21(36)31-20(15-5-7-25(26,27)8-6-15)17-12-35-22(30-17)29-16(11-28-35)18-13-38-10-9-34(18)23(37)39-24(2,3)4/h11-12,15,18,20H,5-10,13H2,1-4H3,(H,31,36)/t18?,20-/m0/s1. The first-order valence-corrected chi connectivity index (χ1v) is 13.2. The second-order valence-corrected chi connectivity index (χ2v) is 11.2. The van der Waals surface area contributed by atoms with E-state index in [0.29, 0.717) is 30.2 Å². The highest BCUT2D eigenvalue weighted by Gasteiger charge is 2.40. The molecule has 4 heterocycles. The molecule has 2 atom stereocenters. The van der Waals surface area contributed by atoms with Crippen molar-refractivity contribution >= 4 is 17.8 Å². The Kier molecular flexibility index (Phi) is 7.42. The molecule has 216 valence electrons. The summed E-state index contributed by atoms with van der Waals surface area (Å²) in [6, 6.07) is -1.25. The van der Waals surface area contributed by atoms with Crippen LogP contribution in [0.3, 0.4) is 0 Å². The first-order valence-electron chi connectivity index (χ1n) is 13.2. The number of amides is 2. The SMILES string of the molecule is Cc1nonc1C(=O)N[C@H](c1cn2ncc(C3COCCN3C(=O)OC(C)(C)C)nc2n1)C1CCC(F)(F)CC1. The van der Waals surface area contributed by atoms with Gasteiger partial charge in [-0.1, -0.05) is 5.16 Å². The molecular weight excluding hydrogens is 530 g/mol. The molecule has 0 spiro atoms. The number of hydrogen-bond donors (Lipinski definition) is 1. The third-order valence-electron chi connectivity index (χ3n) is 7.04. The average molecular weight is 563 g/mol.